The van der Waals surface area contributed by atoms with E-state index in [-0.39, 0.29) is 11.5 Å². The van der Waals surface area contributed by atoms with Gasteiger partial charge in [0.1, 0.15) is 22.9 Å². The molecule has 1 amide bonds. The Morgan fingerprint density at radius 3 is 2.65 bits per heavy atom. The lowest BCUT2D eigenvalue weighted by molar-refractivity contribution is -0.111. The molecule has 4 rings (SSSR count). The zero-order chi connectivity index (χ0) is 21.8. The van der Waals surface area contributed by atoms with Crippen LogP contribution in [0.3, 0.4) is 0 Å². The Balaban J connectivity index is 1.62. The van der Waals surface area contributed by atoms with Crippen LogP contribution in [0.4, 0.5) is 5.82 Å². The molecule has 3 aromatic rings. The molecule has 0 radical (unpaired) electrons. The van der Waals surface area contributed by atoms with Crippen molar-refractivity contribution in [3.63, 3.8) is 0 Å². The monoisotopic (exact) mass is 412 g/mol. The van der Waals surface area contributed by atoms with Gasteiger partial charge in [0.15, 0.2) is 0 Å². The summed E-state index contributed by atoms with van der Waals surface area (Å²) in [7, 11) is 1.57. The maximum Gasteiger partial charge on any atom is 0.249 e. The van der Waals surface area contributed by atoms with Crippen molar-refractivity contribution in [2.45, 2.75) is 19.4 Å². The average Bonchev–Trinajstić information content (AvgIpc) is 2.78. The molecule has 1 aromatic heterocycles. The number of aromatic nitrogens is 1. The quantitative estimate of drug-likeness (QED) is 0.555. The number of nitrogens with zero attached hydrogens (tertiary/aromatic N) is 1. The summed E-state index contributed by atoms with van der Waals surface area (Å²) in [5, 5.41) is 2.75. The highest BCUT2D eigenvalue weighted by atomic mass is 16.5. The number of anilines is 1. The Labute approximate surface area is 182 Å². The predicted molar refractivity (Wildman–Crippen MR) is 124 cm³/mol. The van der Waals surface area contributed by atoms with Gasteiger partial charge >= 0.3 is 0 Å². The van der Waals surface area contributed by atoms with Crippen LogP contribution in [-0.2, 0) is 4.79 Å². The zero-order valence-electron chi connectivity index (χ0n) is 17.8. The van der Waals surface area contributed by atoms with Gasteiger partial charge in [-0.15, -0.1) is 0 Å². The maximum absolute atomic E-state index is 12.4. The average molecular weight is 412 g/mol. The number of amides is 1. The van der Waals surface area contributed by atoms with E-state index in [1.54, 1.807) is 31.5 Å². The number of pyridine rings is 1. The highest BCUT2D eigenvalue weighted by Crippen LogP contribution is 2.40. The molecule has 0 spiro atoms. The highest BCUT2D eigenvalue weighted by molar-refractivity contribution is 6.01. The largest absolute Gasteiger partial charge is 0.495 e. The smallest absolute Gasteiger partial charge is 0.249 e. The molecule has 0 aliphatic carbocycles. The highest BCUT2D eigenvalue weighted by Gasteiger charge is 2.24. The van der Waals surface area contributed by atoms with E-state index in [0.29, 0.717) is 11.6 Å². The Morgan fingerprint density at radius 1 is 1.13 bits per heavy atom. The molecule has 0 unspecified atom stereocenters. The minimum absolute atomic E-state index is 0.260. The van der Waals surface area contributed by atoms with Gasteiger partial charge in [-0.25, -0.2) is 4.98 Å². The van der Waals surface area contributed by atoms with Crippen molar-refractivity contribution in [2.75, 3.05) is 12.4 Å². The number of carbonyl (C=O) groups is 1. The van der Waals surface area contributed by atoms with E-state index < -0.39 is 0 Å². The molecule has 2 aromatic carbocycles. The van der Waals surface area contributed by atoms with Gasteiger partial charge in [0.2, 0.25) is 5.91 Å². The second kappa shape index (κ2) is 8.48. The van der Waals surface area contributed by atoms with Gasteiger partial charge in [0.25, 0.3) is 0 Å². The van der Waals surface area contributed by atoms with Gasteiger partial charge < -0.3 is 14.8 Å². The number of hydrogen-bond acceptors (Lipinski definition) is 4. The number of fused-ring (bicyclic) bond motifs is 1. The van der Waals surface area contributed by atoms with Crippen LogP contribution < -0.4 is 14.8 Å². The first-order valence-electron chi connectivity index (χ1n) is 10.0. The number of rotatable bonds is 5. The van der Waals surface area contributed by atoms with Gasteiger partial charge in [0, 0.05) is 17.2 Å². The molecule has 1 N–H and O–H groups in total. The van der Waals surface area contributed by atoms with Gasteiger partial charge in [0.05, 0.1) is 13.3 Å². The molecule has 2 heterocycles. The number of nitrogens with one attached hydrogen (secondary N) is 1. The summed E-state index contributed by atoms with van der Waals surface area (Å²) in [5.41, 5.74) is 3.57. The Kier molecular flexibility index (Phi) is 5.58. The van der Waals surface area contributed by atoms with E-state index in [1.165, 1.54) is 6.08 Å². The SMILES string of the molecule is COc1ccc(NC(=O)/C=C/c2cc3c(c(-c4ccccc4)c2)OC(C)(C)C=C3)nc1. The third kappa shape index (κ3) is 4.83. The summed E-state index contributed by atoms with van der Waals surface area (Å²) in [6, 6.07) is 17.6. The first kappa shape index (κ1) is 20.4. The molecule has 1 aliphatic rings. The fourth-order valence-electron chi connectivity index (χ4n) is 3.34. The van der Waals surface area contributed by atoms with Crippen LogP contribution >= 0.6 is 0 Å². The number of hydrogen-bond donors (Lipinski definition) is 1. The van der Waals surface area contributed by atoms with Crippen LogP contribution in [0.1, 0.15) is 25.0 Å². The summed E-state index contributed by atoms with van der Waals surface area (Å²) >= 11 is 0. The van der Waals surface area contributed by atoms with Crippen molar-refractivity contribution in [1.82, 2.24) is 4.98 Å². The number of carbonyl (C=O) groups excluding carboxylic acids is 1. The van der Waals surface area contributed by atoms with E-state index in [4.69, 9.17) is 9.47 Å². The fourth-order valence-corrected chi connectivity index (χ4v) is 3.34. The summed E-state index contributed by atoms with van der Waals surface area (Å²) in [6.45, 7) is 4.07. The lowest BCUT2D eigenvalue weighted by Gasteiger charge is -2.30. The number of ether oxygens (including phenoxy) is 2. The molecular weight excluding hydrogens is 388 g/mol. The molecule has 156 valence electrons. The normalized spacial score (nSPS) is 14.0. The number of benzene rings is 2. The van der Waals surface area contributed by atoms with E-state index in [1.807, 2.05) is 50.3 Å². The Hall–Kier alpha value is -3.86. The van der Waals surface area contributed by atoms with Crippen LogP contribution in [0.5, 0.6) is 11.5 Å². The van der Waals surface area contributed by atoms with Crippen molar-refractivity contribution in [2.24, 2.45) is 0 Å². The molecular formula is C26H24N2O3. The van der Waals surface area contributed by atoms with Crippen LogP contribution in [0.25, 0.3) is 23.3 Å². The first-order chi connectivity index (χ1) is 14.9. The molecule has 0 saturated carbocycles. The molecule has 31 heavy (non-hydrogen) atoms. The third-order valence-corrected chi connectivity index (χ3v) is 4.90. The van der Waals surface area contributed by atoms with E-state index in [9.17, 15) is 4.79 Å². The second-order valence-corrected chi connectivity index (χ2v) is 7.80. The van der Waals surface area contributed by atoms with Gasteiger partial charge in [-0.3, -0.25) is 4.79 Å². The lowest BCUT2D eigenvalue weighted by Crippen LogP contribution is -2.27. The summed E-state index contributed by atoms with van der Waals surface area (Å²) in [4.78, 5) is 16.5. The van der Waals surface area contributed by atoms with Gasteiger partial charge in [-0.2, -0.15) is 0 Å². The first-order valence-corrected chi connectivity index (χ1v) is 10.0. The molecule has 0 bridgehead atoms. The van der Waals surface area contributed by atoms with E-state index in [2.05, 4.69) is 28.5 Å². The zero-order valence-corrected chi connectivity index (χ0v) is 17.8. The van der Waals surface area contributed by atoms with E-state index >= 15 is 0 Å². The predicted octanol–water partition coefficient (Wildman–Crippen LogP) is 5.59. The van der Waals surface area contributed by atoms with Crippen LogP contribution in [0.2, 0.25) is 0 Å². The van der Waals surface area contributed by atoms with Crippen molar-refractivity contribution in [3.05, 3.63) is 84.1 Å². The standard InChI is InChI=1S/C26H24N2O3/c1-26(2)14-13-20-15-18(16-22(25(20)31-26)19-7-5-4-6-8-19)9-12-24(29)28-23-11-10-21(30-3)17-27-23/h4-17H,1-3H3,(H,27,28,29)/b12-9+. The molecule has 0 atom stereocenters. The van der Waals surface area contributed by atoms with E-state index in [0.717, 1.165) is 28.0 Å². The van der Waals surface area contributed by atoms with Gasteiger partial charge in [-0.05, 0) is 61.4 Å². The van der Waals surface area contributed by atoms with Crippen molar-refractivity contribution in [1.29, 1.82) is 0 Å². The van der Waals surface area contributed by atoms with Gasteiger partial charge in [-0.1, -0.05) is 36.4 Å². The molecule has 5 nitrogen and oxygen atoms in total. The lowest BCUT2D eigenvalue weighted by atomic mass is 9.94. The Bertz CT molecular complexity index is 1150. The van der Waals surface area contributed by atoms with Crippen molar-refractivity contribution < 1.29 is 14.3 Å². The topological polar surface area (TPSA) is 60.5 Å². The third-order valence-electron chi connectivity index (χ3n) is 4.90. The van der Waals surface area contributed by atoms with Crippen LogP contribution in [0, 0.1) is 0 Å². The molecule has 1 aliphatic heterocycles. The van der Waals surface area contributed by atoms with Crippen LogP contribution in [-0.4, -0.2) is 23.6 Å². The van der Waals surface area contributed by atoms with Crippen LogP contribution in [0.15, 0.2) is 72.9 Å². The summed E-state index contributed by atoms with van der Waals surface area (Å²) in [5.74, 6) is 1.69. The van der Waals surface area contributed by atoms with Crippen molar-refractivity contribution >= 4 is 23.9 Å². The maximum atomic E-state index is 12.4. The second-order valence-electron chi connectivity index (χ2n) is 7.80. The summed E-state index contributed by atoms with van der Waals surface area (Å²) in [6.07, 6.45) is 8.96. The minimum atomic E-state index is -0.376. The Morgan fingerprint density at radius 2 is 1.94 bits per heavy atom. The molecule has 5 heteroatoms. The molecule has 0 saturated heterocycles. The summed E-state index contributed by atoms with van der Waals surface area (Å²) < 4.78 is 11.4. The van der Waals surface area contributed by atoms with Crippen molar-refractivity contribution in [3.8, 4) is 22.6 Å². The fraction of sp³-hybridized carbons (Fsp3) is 0.154. The number of methoxy groups -OCH3 is 1. The molecule has 0 fully saturated rings. The minimum Gasteiger partial charge on any atom is -0.495 e.